The second-order valence-corrected chi connectivity index (χ2v) is 5.24. The van der Waals surface area contributed by atoms with Crippen LogP contribution in [-0.4, -0.2) is 16.8 Å². The maximum atomic E-state index is 13.0. The first kappa shape index (κ1) is 15.5. The summed E-state index contributed by atoms with van der Waals surface area (Å²) in [5, 5.41) is 15.7. The average molecular weight is 325 g/mol. The Balaban J connectivity index is 1.79. The van der Waals surface area contributed by atoms with Crippen LogP contribution in [0.5, 0.6) is 5.75 Å². The Hall–Kier alpha value is -1.85. The van der Waals surface area contributed by atoms with Crippen LogP contribution in [0.25, 0.3) is 0 Å². The molecule has 0 bridgehead atoms. The van der Waals surface area contributed by atoms with Crippen LogP contribution in [0, 0.1) is 5.82 Å². The van der Waals surface area contributed by atoms with Crippen molar-refractivity contribution in [1.29, 1.82) is 0 Å². The van der Waals surface area contributed by atoms with Gasteiger partial charge in [-0.1, -0.05) is 23.7 Å². The van der Waals surface area contributed by atoms with Gasteiger partial charge in [-0.2, -0.15) is 0 Å². The van der Waals surface area contributed by atoms with Gasteiger partial charge >= 0.3 is 0 Å². The minimum Gasteiger partial charge on any atom is -0.508 e. The van der Waals surface area contributed by atoms with E-state index in [0.29, 0.717) is 17.3 Å². The normalized spacial score (nSPS) is 10.2. The minimum atomic E-state index is -0.464. The van der Waals surface area contributed by atoms with Gasteiger partial charge in [0.15, 0.2) is 5.11 Å². The van der Waals surface area contributed by atoms with Crippen LogP contribution in [0.1, 0.15) is 5.56 Å². The summed E-state index contributed by atoms with van der Waals surface area (Å²) in [4.78, 5) is 0. The van der Waals surface area contributed by atoms with Crippen molar-refractivity contribution in [2.45, 2.75) is 6.42 Å². The molecule has 0 unspecified atom stereocenters. The Bertz CT molecular complexity index is 634. The van der Waals surface area contributed by atoms with Gasteiger partial charge < -0.3 is 15.7 Å². The van der Waals surface area contributed by atoms with Gasteiger partial charge in [-0.3, -0.25) is 0 Å². The van der Waals surface area contributed by atoms with Gasteiger partial charge in [0.05, 0.1) is 5.02 Å². The fraction of sp³-hybridized carbons (Fsp3) is 0.133. The molecule has 0 heterocycles. The predicted molar refractivity (Wildman–Crippen MR) is 87.4 cm³/mol. The number of hydrogen-bond acceptors (Lipinski definition) is 2. The average Bonchev–Trinajstić information content (AvgIpc) is 2.45. The van der Waals surface area contributed by atoms with Gasteiger partial charge in [0.1, 0.15) is 11.6 Å². The van der Waals surface area contributed by atoms with Crippen LogP contribution in [0.2, 0.25) is 5.02 Å². The summed E-state index contributed by atoms with van der Waals surface area (Å²) in [6.07, 6.45) is 0.770. The van der Waals surface area contributed by atoms with E-state index >= 15 is 0 Å². The number of aromatic hydroxyl groups is 1. The lowest BCUT2D eigenvalue weighted by Gasteiger charge is -2.11. The van der Waals surface area contributed by atoms with Gasteiger partial charge in [-0.15, -0.1) is 0 Å². The molecule has 3 N–H and O–H groups in total. The van der Waals surface area contributed by atoms with Crippen molar-refractivity contribution in [3.63, 3.8) is 0 Å². The molecule has 0 aliphatic rings. The van der Waals surface area contributed by atoms with E-state index in [1.807, 2.05) is 12.1 Å². The molecule has 0 saturated carbocycles. The molecule has 2 aromatic rings. The van der Waals surface area contributed by atoms with Crippen LogP contribution in [-0.2, 0) is 6.42 Å². The van der Waals surface area contributed by atoms with Gasteiger partial charge in [0, 0.05) is 12.2 Å². The summed E-state index contributed by atoms with van der Waals surface area (Å²) in [6.45, 7) is 0.644. The van der Waals surface area contributed by atoms with E-state index in [1.165, 1.54) is 12.1 Å². The molecule has 0 aromatic heterocycles. The number of hydrogen-bond donors (Lipinski definition) is 3. The third kappa shape index (κ3) is 4.88. The number of nitrogens with one attached hydrogen (secondary N) is 2. The second kappa shape index (κ2) is 7.24. The zero-order valence-electron chi connectivity index (χ0n) is 11.1. The fourth-order valence-electron chi connectivity index (χ4n) is 1.73. The van der Waals surface area contributed by atoms with E-state index in [1.54, 1.807) is 18.2 Å². The summed E-state index contributed by atoms with van der Waals surface area (Å²) in [6, 6.07) is 11.3. The lowest BCUT2D eigenvalue weighted by Crippen LogP contribution is -2.30. The largest absolute Gasteiger partial charge is 0.508 e. The van der Waals surface area contributed by atoms with Crippen molar-refractivity contribution in [2.24, 2.45) is 0 Å². The van der Waals surface area contributed by atoms with E-state index in [-0.39, 0.29) is 10.8 Å². The summed E-state index contributed by atoms with van der Waals surface area (Å²) >= 11 is 10.8. The number of phenolic OH excluding ortho intramolecular Hbond substituents is 1. The van der Waals surface area contributed by atoms with Crippen LogP contribution >= 0.6 is 23.8 Å². The molecule has 0 radical (unpaired) electrons. The smallest absolute Gasteiger partial charge is 0.170 e. The predicted octanol–water partition coefficient (Wildman–Crippen LogP) is 3.71. The monoisotopic (exact) mass is 324 g/mol. The molecule has 0 fully saturated rings. The first-order valence-electron chi connectivity index (χ1n) is 6.32. The Labute approximate surface area is 132 Å². The molecule has 0 aliphatic heterocycles. The number of halogens is 2. The third-order valence-corrected chi connectivity index (χ3v) is 3.35. The molecule has 3 nitrogen and oxygen atoms in total. The highest BCUT2D eigenvalue weighted by Gasteiger charge is 2.02. The topological polar surface area (TPSA) is 44.3 Å². The van der Waals surface area contributed by atoms with Gasteiger partial charge in [-0.25, -0.2) is 4.39 Å². The lowest BCUT2D eigenvalue weighted by atomic mass is 10.1. The van der Waals surface area contributed by atoms with E-state index in [2.05, 4.69) is 10.6 Å². The number of thiocarbonyl (C=S) groups is 1. The van der Waals surface area contributed by atoms with Crippen molar-refractivity contribution in [2.75, 3.05) is 11.9 Å². The molecule has 0 saturated heterocycles. The van der Waals surface area contributed by atoms with Crippen LogP contribution in [0.15, 0.2) is 42.5 Å². The number of rotatable bonds is 4. The molecular formula is C15H14ClFN2OS. The van der Waals surface area contributed by atoms with E-state index in [4.69, 9.17) is 23.8 Å². The molecule has 6 heteroatoms. The van der Waals surface area contributed by atoms with E-state index < -0.39 is 5.82 Å². The first-order valence-corrected chi connectivity index (χ1v) is 7.11. The van der Waals surface area contributed by atoms with E-state index in [0.717, 1.165) is 12.0 Å². The highest BCUT2D eigenvalue weighted by molar-refractivity contribution is 7.80. The zero-order valence-corrected chi connectivity index (χ0v) is 12.6. The molecule has 2 aromatic carbocycles. The molecule has 21 heavy (non-hydrogen) atoms. The highest BCUT2D eigenvalue weighted by atomic mass is 35.5. The van der Waals surface area contributed by atoms with Crippen molar-refractivity contribution in [3.8, 4) is 5.75 Å². The minimum absolute atomic E-state index is 0.0480. The molecule has 2 rings (SSSR count). The highest BCUT2D eigenvalue weighted by Crippen LogP contribution is 2.19. The molecular weight excluding hydrogens is 311 g/mol. The maximum absolute atomic E-state index is 13.0. The third-order valence-electron chi connectivity index (χ3n) is 2.81. The standard InChI is InChI=1S/C15H14ClFN2OS/c16-13-9-11(3-6-14(13)17)19-15(21)18-8-7-10-1-4-12(20)5-2-10/h1-6,9,20H,7-8H2,(H2,18,19,21). The molecule has 0 amide bonds. The number of anilines is 1. The summed E-state index contributed by atoms with van der Waals surface area (Å²) in [7, 11) is 0. The van der Waals surface area contributed by atoms with Gasteiger partial charge in [-0.05, 0) is 54.5 Å². The molecule has 0 aliphatic carbocycles. The van der Waals surface area contributed by atoms with E-state index in [9.17, 15) is 9.50 Å². The maximum Gasteiger partial charge on any atom is 0.170 e. The lowest BCUT2D eigenvalue weighted by molar-refractivity contribution is 0.475. The van der Waals surface area contributed by atoms with Crippen LogP contribution in [0.3, 0.4) is 0 Å². The van der Waals surface area contributed by atoms with Gasteiger partial charge in [0.2, 0.25) is 0 Å². The number of benzene rings is 2. The molecule has 0 atom stereocenters. The quantitative estimate of drug-likeness (QED) is 0.750. The molecule has 110 valence electrons. The van der Waals surface area contributed by atoms with Crippen molar-refractivity contribution in [3.05, 3.63) is 58.9 Å². The Kier molecular flexibility index (Phi) is 5.36. The van der Waals surface area contributed by atoms with Crippen LogP contribution in [0.4, 0.5) is 10.1 Å². The summed E-state index contributed by atoms with van der Waals surface area (Å²) < 4.78 is 13.0. The van der Waals surface area contributed by atoms with Crippen molar-refractivity contribution >= 4 is 34.6 Å². The van der Waals surface area contributed by atoms with Gasteiger partial charge in [0.25, 0.3) is 0 Å². The Morgan fingerprint density at radius 2 is 1.90 bits per heavy atom. The SMILES string of the molecule is Oc1ccc(CCNC(=S)Nc2ccc(F)c(Cl)c2)cc1. The zero-order chi connectivity index (χ0) is 15.2. The summed E-state index contributed by atoms with van der Waals surface area (Å²) in [5.74, 6) is -0.217. The van der Waals surface area contributed by atoms with Crippen molar-refractivity contribution in [1.82, 2.24) is 5.32 Å². The fourth-order valence-corrected chi connectivity index (χ4v) is 2.13. The number of phenols is 1. The summed E-state index contributed by atoms with van der Waals surface area (Å²) in [5.41, 5.74) is 1.72. The molecule has 0 spiro atoms. The second-order valence-electron chi connectivity index (χ2n) is 4.43. The Morgan fingerprint density at radius 1 is 1.19 bits per heavy atom. The van der Waals surface area contributed by atoms with Crippen LogP contribution < -0.4 is 10.6 Å². The van der Waals surface area contributed by atoms with Crippen molar-refractivity contribution < 1.29 is 9.50 Å². The first-order chi connectivity index (χ1) is 10.0. The Morgan fingerprint density at radius 3 is 2.57 bits per heavy atom.